The van der Waals surface area contributed by atoms with E-state index in [0.29, 0.717) is 6.42 Å². The van der Waals surface area contributed by atoms with E-state index in [1.807, 2.05) is 26.0 Å². The SMILES string of the molecule is CCNC(Cc1cc(F)cc(Br)c1)c1ccnc(C)n1. The third kappa shape index (κ3) is 4.08. The minimum Gasteiger partial charge on any atom is -0.309 e. The van der Waals surface area contributed by atoms with E-state index in [4.69, 9.17) is 0 Å². The van der Waals surface area contributed by atoms with Crippen molar-refractivity contribution in [3.63, 3.8) is 0 Å². The van der Waals surface area contributed by atoms with Gasteiger partial charge in [-0.25, -0.2) is 14.4 Å². The van der Waals surface area contributed by atoms with Crippen LogP contribution in [0.4, 0.5) is 4.39 Å². The van der Waals surface area contributed by atoms with Crippen molar-refractivity contribution in [3.05, 3.63) is 57.8 Å². The van der Waals surface area contributed by atoms with Gasteiger partial charge in [-0.3, -0.25) is 0 Å². The largest absolute Gasteiger partial charge is 0.309 e. The second-order valence-corrected chi connectivity index (χ2v) is 5.54. The normalized spacial score (nSPS) is 12.4. The van der Waals surface area contributed by atoms with Crippen molar-refractivity contribution in [3.8, 4) is 0 Å². The van der Waals surface area contributed by atoms with Crippen LogP contribution in [0.3, 0.4) is 0 Å². The van der Waals surface area contributed by atoms with Gasteiger partial charge < -0.3 is 5.32 Å². The first kappa shape index (κ1) is 15.1. The zero-order valence-corrected chi connectivity index (χ0v) is 13.1. The number of hydrogen-bond donors (Lipinski definition) is 1. The number of nitrogens with one attached hydrogen (secondary N) is 1. The van der Waals surface area contributed by atoms with Crippen LogP contribution < -0.4 is 5.32 Å². The van der Waals surface area contributed by atoms with Crippen LogP contribution in [-0.4, -0.2) is 16.5 Å². The van der Waals surface area contributed by atoms with Gasteiger partial charge in [-0.05, 0) is 49.7 Å². The Balaban J connectivity index is 2.25. The van der Waals surface area contributed by atoms with E-state index in [1.54, 1.807) is 12.3 Å². The van der Waals surface area contributed by atoms with Crippen LogP contribution >= 0.6 is 15.9 Å². The van der Waals surface area contributed by atoms with Crippen LogP contribution in [0.1, 0.15) is 30.0 Å². The van der Waals surface area contributed by atoms with E-state index in [1.165, 1.54) is 6.07 Å². The second kappa shape index (κ2) is 6.90. The van der Waals surface area contributed by atoms with Crippen molar-refractivity contribution in [1.82, 2.24) is 15.3 Å². The molecule has 0 aliphatic carbocycles. The molecule has 3 nitrogen and oxygen atoms in total. The van der Waals surface area contributed by atoms with Crippen LogP contribution in [0.15, 0.2) is 34.9 Å². The number of aromatic nitrogens is 2. The van der Waals surface area contributed by atoms with Gasteiger partial charge in [0.25, 0.3) is 0 Å². The molecule has 106 valence electrons. The molecule has 0 saturated carbocycles. The first-order valence-electron chi connectivity index (χ1n) is 6.56. The molecule has 1 N–H and O–H groups in total. The highest BCUT2D eigenvalue weighted by Crippen LogP contribution is 2.21. The molecule has 1 aromatic carbocycles. The lowest BCUT2D eigenvalue weighted by Gasteiger charge is -2.18. The van der Waals surface area contributed by atoms with Gasteiger partial charge in [0.2, 0.25) is 0 Å². The molecule has 0 bridgehead atoms. The van der Waals surface area contributed by atoms with E-state index in [9.17, 15) is 4.39 Å². The number of nitrogens with zero attached hydrogens (tertiary/aromatic N) is 2. The number of aryl methyl sites for hydroxylation is 1. The third-order valence-corrected chi connectivity index (χ3v) is 3.43. The molecule has 0 fully saturated rings. The third-order valence-electron chi connectivity index (χ3n) is 2.97. The molecular weight excluding hydrogens is 321 g/mol. The van der Waals surface area contributed by atoms with Crippen molar-refractivity contribution >= 4 is 15.9 Å². The standard InChI is InChI=1S/C15H17BrFN3/c1-3-18-15(14-4-5-19-10(2)20-14)8-11-6-12(16)9-13(17)7-11/h4-7,9,15,18H,3,8H2,1-2H3. The summed E-state index contributed by atoms with van der Waals surface area (Å²) < 4.78 is 14.2. The van der Waals surface area contributed by atoms with Gasteiger partial charge >= 0.3 is 0 Å². The van der Waals surface area contributed by atoms with Crippen molar-refractivity contribution in [2.75, 3.05) is 6.54 Å². The molecule has 1 heterocycles. The average Bonchev–Trinajstić information content (AvgIpc) is 2.37. The van der Waals surface area contributed by atoms with E-state index < -0.39 is 0 Å². The highest BCUT2D eigenvalue weighted by Gasteiger charge is 2.14. The van der Waals surface area contributed by atoms with Gasteiger partial charge in [0.1, 0.15) is 11.6 Å². The number of hydrogen-bond acceptors (Lipinski definition) is 3. The number of halogens is 2. The van der Waals surface area contributed by atoms with Crippen LogP contribution in [-0.2, 0) is 6.42 Å². The molecule has 2 rings (SSSR count). The summed E-state index contributed by atoms with van der Waals surface area (Å²) in [7, 11) is 0. The monoisotopic (exact) mass is 337 g/mol. The smallest absolute Gasteiger partial charge is 0.125 e. The first-order chi connectivity index (χ1) is 9.58. The van der Waals surface area contributed by atoms with Crippen LogP contribution in [0.2, 0.25) is 0 Å². The Labute approximate surface area is 126 Å². The predicted molar refractivity (Wildman–Crippen MR) is 81.0 cm³/mol. The molecule has 2 aromatic rings. The fraction of sp³-hybridized carbons (Fsp3) is 0.333. The highest BCUT2D eigenvalue weighted by atomic mass is 79.9. The van der Waals surface area contributed by atoms with E-state index >= 15 is 0 Å². The Morgan fingerprint density at radius 2 is 2.15 bits per heavy atom. The second-order valence-electron chi connectivity index (χ2n) is 4.62. The minimum atomic E-state index is -0.233. The summed E-state index contributed by atoms with van der Waals surface area (Å²) in [6.45, 7) is 4.73. The molecule has 0 aliphatic heterocycles. The zero-order chi connectivity index (χ0) is 14.5. The zero-order valence-electron chi connectivity index (χ0n) is 11.5. The quantitative estimate of drug-likeness (QED) is 0.906. The maximum absolute atomic E-state index is 13.5. The Morgan fingerprint density at radius 3 is 2.80 bits per heavy atom. The van der Waals surface area contributed by atoms with Gasteiger partial charge in [-0.1, -0.05) is 22.9 Å². The molecule has 1 aromatic heterocycles. The fourth-order valence-electron chi connectivity index (χ4n) is 2.16. The maximum atomic E-state index is 13.5. The van der Waals surface area contributed by atoms with Crippen LogP contribution in [0, 0.1) is 12.7 Å². The Morgan fingerprint density at radius 1 is 1.35 bits per heavy atom. The topological polar surface area (TPSA) is 37.8 Å². The molecule has 0 saturated heterocycles. The first-order valence-corrected chi connectivity index (χ1v) is 7.35. The van der Waals surface area contributed by atoms with Crippen molar-refractivity contribution in [1.29, 1.82) is 0 Å². The van der Waals surface area contributed by atoms with Crippen molar-refractivity contribution in [2.45, 2.75) is 26.3 Å². The summed E-state index contributed by atoms with van der Waals surface area (Å²) in [4.78, 5) is 8.57. The van der Waals surface area contributed by atoms with Gasteiger partial charge in [0.15, 0.2) is 0 Å². The van der Waals surface area contributed by atoms with Crippen LogP contribution in [0.25, 0.3) is 0 Å². The molecule has 0 spiro atoms. The molecule has 0 radical (unpaired) electrons. The predicted octanol–water partition coefficient (Wildman–Crippen LogP) is 3.58. The molecule has 0 amide bonds. The number of rotatable bonds is 5. The molecule has 5 heteroatoms. The maximum Gasteiger partial charge on any atom is 0.125 e. The summed E-state index contributed by atoms with van der Waals surface area (Å²) in [5, 5.41) is 3.39. The van der Waals surface area contributed by atoms with Crippen molar-refractivity contribution in [2.24, 2.45) is 0 Å². The Hall–Kier alpha value is -1.33. The summed E-state index contributed by atoms with van der Waals surface area (Å²) >= 11 is 3.32. The Bertz CT molecular complexity index is 569. The van der Waals surface area contributed by atoms with Gasteiger partial charge in [-0.2, -0.15) is 0 Å². The van der Waals surface area contributed by atoms with E-state index in [2.05, 4.69) is 31.2 Å². The summed E-state index contributed by atoms with van der Waals surface area (Å²) in [5.74, 6) is 0.509. The lowest BCUT2D eigenvalue weighted by atomic mass is 10.0. The lowest BCUT2D eigenvalue weighted by Crippen LogP contribution is -2.24. The molecule has 1 atom stereocenters. The molecule has 1 unspecified atom stereocenters. The molecule has 0 aliphatic rings. The molecule has 20 heavy (non-hydrogen) atoms. The van der Waals surface area contributed by atoms with Crippen LogP contribution in [0.5, 0.6) is 0 Å². The van der Waals surface area contributed by atoms with E-state index in [0.717, 1.165) is 28.1 Å². The summed E-state index contributed by atoms with van der Waals surface area (Å²) in [6, 6.07) is 6.90. The average molecular weight is 338 g/mol. The Kier molecular flexibility index (Phi) is 5.20. The van der Waals surface area contributed by atoms with Gasteiger partial charge in [0.05, 0.1) is 11.7 Å². The summed E-state index contributed by atoms with van der Waals surface area (Å²) in [5.41, 5.74) is 1.86. The van der Waals surface area contributed by atoms with Crippen molar-refractivity contribution < 1.29 is 4.39 Å². The fourth-order valence-corrected chi connectivity index (χ4v) is 2.67. The van der Waals surface area contributed by atoms with E-state index in [-0.39, 0.29) is 11.9 Å². The highest BCUT2D eigenvalue weighted by molar-refractivity contribution is 9.10. The lowest BCUT2D eigenvalue weighted by molar-refractivity contribution is 0.531. The summed E-state index contributed by atoms with van der Waals surface area (Å²) in [6.07, 6.45) is 2.43. The van der Waals surface area contributed by atoms with Gasteiger partial charge in [-0.15, -0.1) is 0 Å². The minimum absolute atomic E-state index is 0.0513. The number of likely N-dealkylation sites (N-methyl/N-ethyl adjacent to an activating group) is 1. The van der Waals surface area contributed by atoms with Gasteiger partial charge in [0, 0.05) is 10.7 Å². The number of benzene rings is 1. The molecular formula is C15H17BrFN3.